The summed E-state index contributed by atoms with van der Waals surface area (Å²) in [6.07, 6.45) is -4.49. The molecule has 0 spiro atoms. The van der Waals surface area contributed by atoms with Crippen LogP contribution < -0.4 is 5.46 Å². The Morgan fingerprint density at radius 2 is 2.04 bits per heavy atom. The number of carbonyl (C=O) groups excluding carboxylic acids is 1. The van der Waals surface area contributed by atoms with Crippen LogP contribution >= 0.6 is 11.6 Å². The van der Waals surface area contributed by atoms with Crippen LogP contribution in [0.3, 0.4) is 0 Å². The van der Waals surface area contributed by atoms with Gasteiger partial charge in [-0.2, -0.15) is 13.2 Å². The van der Waals surface area contributed by atoms with Crippen molar-refractivity contribution in [3.05, 3.63) is 63.7 Å². The predicted octanol–water partition coefficient (Wildman–Crippen LogP) is 2.93. The van der Waals surface area contributed by atoms with Crippen LogP contribution in [0, 0.1) is 0 Å². The Morgan fingerprint density at radius 1 is 1.28 bits per heavy atom. The summed E-state index contributed by atoms with van der Waals surface area (Å²) in [5.41, 5.74) is 0.843. The number of benzene rings is 2. The minimum Gasteiger partial charge on any atom is -0.457 e. The van der Waals surface area contributed by atoms with Crippen LogP contribution in [0.2, 0.25) is 5.02 Å². The zero-order valence-electron chi connectivity index (χ0n) is 12.6. The van der Waals surface area contributed by atoms with Crippen molar-refractivity contribution in [3.8, 4) is 0 Å². The predicted molar refractivity (Wildman–Crippen MR) is 84.4 cm³/mol. The second-order valence-corrected chi connectivity index (χ2v) is 5.86. The van der Waals surface area contributed by atoms with Crippen molar-refractivity contribution in [1.82, 2.24) is 0 Å². The lowest BCUT2D eigenvalue weighted by Gasteiger charge is -2.11. The highest BCUT2D eigenvalue weighted by molar-refractivity contribution is 6.61. The van der Waals surface area contributed by atoms with E-state index in [-0.39, 0.29) is 29.4 Å². The highest BCUT2D eigenvalue weighted by Gasteiger charge is 2.31. The van der Waals surface area contributed by atoms with Gasteiger partial charge < -0.3 is 14.4 Å². The van der Waals surface area contributed by atoms with Crippen molar-refractivity contribution in [2.75, 3.05) is 0 Å². The molecule has 0 amide bonds. The van der Waals surface area contributed by atoms with Crippen LogP contribution in [0.1, 0.15) is 27.0 Å². The first kappa shape index (κ1) is 17.8. The summed E-state index contributed by atoms with van der Waals surface area (Å²) in [4.78, 5) is 12.1. The van der Waals surface area contributed by atoms with Gasteiger partial charge in [-0.3, -0.25) is 0 Å². The molecule has 4 nitrogen and oxygen atoms in total. The third-order valence-electron chi connectivity index (χ3n) is 3.78. The molecule has 0 atom stereocenters. The lowest BCUT2D eigenvalue weighted by molar-refractivity contribution is -0.137. The molecule has 0 aromatic heterocycles. The van der Waals surface area contributed by atoms with Gasteiger partial charge in [-0.05, 0) is 35.3 Å². The van der Waals surface area contributed by atoms with Gasteiger partial charge in [-0.1, -0.05) is 23.7 Å². The molecule has 2 aromatic rings. The van der Waals surface area contributed by atoms with E-state index in [0.717, 1.165) is 17.7 Å². The zero-order chi connectivity index (χ0) is 18.2. The third-order valence-corrected chi connectivity index (χ3v) is 4.14. The molecule has 130 valence electrons. The molecule has 0 aliphatic carbocycles. The van der Waals surface area contributed by atoms with Crippen molar-refractivity contribution in [1.29, 1.82) is 0 Å². The van der Waals surface area contributed by atoms with Crippen molar-refractivity contribution in [2.45, 2.75) is 19.4 Å². The Kier molecular flexibility index (Phi) is 4.77. The van der Waals surface area contributed by atoms with Gasteiger partial charge in [0.2, 0.25) is 0 Å². The summed E-state index contributed by atoms with van der Waals surface area (Å²) in [5.74, 6) is -0.683. The first-order chi connectivity index (χ1) is 11.8. The number of fused-ring (bicyclic) bond motifs is 1. The fraction of sp³-hybridized carbons (Fsp3) is 0.188. The van der Waals surface area contributed by atoms with E-state index in [1.165, 1.54) is 18.2 Å². The lowest BCUT2D eigenvalue weighted by atomic mass is 9.79. The molecule has 3 rings (SSSR count). The Morgan fingerprint density at radius 3 is 2.72 bits per heavy atom. The van der Waals surface area contributed by atoms with E-state index in [0.29, 0.717) is 5.46 Å². The van der Waals surface area contributed by atoms with E-state index < -0.39 is 24.8 Å². The monoisotopic (exact) mass is 370 g/mol. The Bertz CT molecular complexity index is 826. The lowest BCUT2D eigenvalue weighted by Crippen LogP contribution is -2.28. The molecule has 1 heterocycles. The van der Waals surface area contributed by atoms with Crippen molar-refractivity contribution < 1.29 is 32.4 Å². The van der Waals surface area contributed by atoms with Crippen LogP contribution in [-0.4, -0.2) is 18.1 Å². The summed E-state index contributed by atoms with van der Waals surface area (Å²) in [6.45, 7) is -0.0149. The fourth-order valence-electron chi connectivity index (χ4n) is 2.41. The van der Waals surface area contributed by atoms with Crippen LogP contribution in [0.4, 0.5) is 13.2 Å². The number of hydrogen-bond acceptors (Lipinski definition) is 4. The largest absolute Gasteiger partial charge is 0.491 e. The molecule has 0 fully saturated rings. The summed E-state index contributed by atoms with van der Waals surface area (Å²) in [6, 6.07) is 7.46. The molecule has 2 aromatic carbocycles. The Balaban J connectivity index is 1.70. The minimum atomic E-state index is -4.49. The maximum atomic E-state index is 12.6. The molecular formula is C16H11BClF3O4. The van der Waals surface area contributed by atoms with Gasteiger partial charge in [0.05, 0.1) is 17.7 Å². The number of esters is 1. The highest BCUT2D eigenvalue weighted by atomic mass is 35.5. The number of halogens is 4. The topological polar surface area (TPSA) is 55.8 Å². The van der Waals surface area contributed by atoms with E-state index in [2.05, 4.69) is 0 Å². The molecule has 25 heavy (non-hydrogen) atoms. The summed E-state index contributed by atoms with van der Waals surface area (Å²) in [5, 5.41) is 9.50. The van der Waals surface area contributed by atoms with Gasteiger partial charge in [-0.25, -0.2) is 4.79 Å². The molecule has 0 bridgehead atoms. The number of alkyl halides is 3. The quantitative estimate of drug-likeness (QED) is 0.667. The Hall–Kier alpha value is -2.03. The standard InChI is InChI=1S/C16H11BClF3O4/c18-14-6-12(16(19,20)21)4-3-11(14)7-24-15(22)9-1-2-10-8-25-17(23)13(10)5-9/h1-6,23H,7-8H2. The van der Waals surface area contributed by atoms with E-state index in [1.54, 1.807) is 6.07 Å². The van der Waals surface area contributed by atoms with Crippen LogP contribution in [0.5, 0.6) is 0 Å². The average Bonchev–Trinajstić information content (AvgIpc) is 2.93. The van der Waals surface area contributed by atoms with E-state index in [1.807, 2.05) is 0 Å². The molecule has 1 N–H and O–H groups in total. The second kappa shape index (κ2) is 6.70. The zero-order valence-corrected chi connectivity index (χ0v) is 13.4. The molecule has 1 aliphatic rings. The van der Waals surface area contributed by atoms with Gasteiger partial charge in [0.15, 0.2) is 0 Å². The van der Waals surface area contributed by atoms with Crippen LogP contribution in [0.25, 0.3) is 0 Å². The summed E-state index contributed by atoms with van der Waals surface area (Å²) in [7, 11) is -1.09. The molecule has 1 aliphatic heterocycles. The second-order valence-electron chi connectivity index (χ2n) is 5.46. The molecule has 9 heteroatoms. The number of carbonyl (C=O) groups is 1. The number of ether oxygens (including phenoxy) is 1. The molecule has 0 radical (unpaired) electrons. The minimum absolute atomic E-state index is 0.139. The van der Waals surface area contributed by atoms with Crippen molar-refractivity contribution >= 4 is 30.2 Å². The molecule has 0 saturated carbocycles. The van der Waals surface area contributed by atoms with Gasteiger partial charge in [0, 0.05) is 10.6 Å². The van der Waals surface area contributed by atoms with Gasteiger partial charge >= 0.3 is 19.3 Å². The Labute approximate surface area is 146 Å². The first-order valence-corrected chi connectivity index (χ1v) is 7.59. The maximum Gasteiger partial charge on any atom is 0.491 e. The molecule has 0 saturated heterocycles. The normalized spacial score (nSPS) is 13.7. The number of rotatable bonds is 3. The van der Waals surface area contributed by atoms with Gasteiger partial charge in [0.1, 0.15) is 6.61 Å². The highest BCUT2D eigenvalue weighted by Crippen LogP contribution is 2.32. The van der Waals surface area contributed by atoms with Gasteiger partial charge in [-0.15, -0.1) is 0 Å². The summed E-state index contributed by atoms with van der Waals surface area (Å²) < 4.78 is 47.9. The fourth-order valence-corrected chi connectivity index (χ4v) is 2.64. The van der Waals surface area contributed by atoms with Crippen LogP contribution in [-0.2, 0) is 28.8 Å². The first-order valence-electron chi connectivity index (χ1n) is 7.21. The van der Waals surface area contributed by atoms with Crippen molar-refractivity contribution in [3.63, 3.8) is 0 Å². The van der Waals surface area contributed by atoms with Crippen molar-refractivity contribution in [2.24, 2.45) is 0 Å². The van der Waals surface area contributed by atoms with E-state index in [9.17, 15) is 23.0 Å². The van der Waals surface area contributed by atoms with E-state index >= 15 is 0 Å². The van der Waals surface area contributed by atoms with E-state index in [4.69, 9.17) is 21.0 Å². The SMILES string of the molecule is O=C(OCc1ccc(C(F)(F)F)cc1Cl)c1ccc2c(c1)B(O)OC2. The molecular weight excluding hydrogens is 359 g/mol. The smallest absolute Gasteiger partial charge is 0.457 e. The molecule has 0 unspecified atom stereocenters. The third kappa shape index (κ3) is 3.81. The average molecular weight is 371 g/mol. The maximum absolute atomic E-state index is 12.6. The number of hydrogen-bond donors (Lipinski definition) is 1. The van der Waals surface area contributed by atoms with Gasteiger partial charge in [0.25, 0.3) is 0 Å². The summed E-state index contributed by atoms with van der Waals surface area (Å²) >= 11 is 5.82. The van der Waals surface area contributed by atoms with Crippen LogP contribution in [0.15, 0.2) is 36.4 Å².